The number of halogens is 1. The fraction of sp³-hybridized carbons (Fsp3) is 0.714. The van der Waals surface area contributed by atoms with E-state index in [1.54, 1.807) is 11.1 Å². The smallest absolute Gasteiger partial charge is 0.410 e. The van der Waals surface area contributed by atoms with Crippen molar-refractivity contribution in [3.63, 3.8) is 0 Å². The van der Waals surface area contributed by atoms with Crippen LogP contribution in [0.1, 0.15) is 45.9 Å². The lowest BCUT2D eigenvalue weighted by Crippen LogP contribution is -2.39. The molecule has 0 unspecified atom stereocenters. The van der Waals surface area contributed by atoms with Crippen molar-refractivity contribution in [1.29, 1.82) is 0 Å². The van der Waals surface area contributed by atoms with Gasteiger partial charge in [-0.05, 0) is 57.0 Å². The number of carbonyl (C=O) groups is 1. The van der Waals surface area contributed by atoms with Crippen LogP contribution in [-0.2, 0) is 4.74 Å². The quantitative estimate of drug-likeness (QED) is 0.783. The van der Waals surface area contributed by atoms with Crippen LogP contribution in [0.2, 0.25) is 0 Å². The summed E-state index contributed by atoms with van der Waals surface area (Å²) in [6.45, 7) is 10.4. The molecular formula is C14H22BrN3O2. The van der Waals surface area contributed by atoms with Crippen molar-refractivity contribution in [3.8, 4) is 0 Å². The minimum absolute atomic E-state index is 0.164. The van der Waals surface area contributed by atoms with E-state index >= 15 is 0 Å². The molecule has 1 aromatic rings. The summed E-state index contributed by atoms with van der Waals surface area (Å²) in [6, 6.07) is 0.376. The molecule has 0 saturated carbocycles. The van der Waals surface area contributed by atoms with E-state index < -0.39 is 5.60 Å². The number of hydrogen-bond acceptors (Lipinski definition) is 3. The molecule has 1 aromatic heterocycles. The number of aromatic nitrogens is 2. The van der Waals surface area contributed by atoms with E-state index in [-0.39, 0.29) is 18.2 Å². The molecule has 2 rings (SSSR count). The van der Waals surface area contributed by atoms with Crippen LogP contribution in [-0.4, -0.2) is 39.0 Å². The van der Waals surface area contributed by atoms with Gasteiger partial charge in [0.2, 0.25) is 0 Å². The summed E-state index contributed by atoms with van der Waals surface area (Å²) in [5, 5.41) is 4.39. The number of amides is 1. The highest BCUT2D eigenvalue weighted by atomic mass is 79.9. The molecule has 0 N–H and O–H groups in total. The third kappa shape index (κ3) is 3.16. The fourth-order valence-corrected chi connectivity index (χ4v) is 2.80. The molecule has 6 heteroatoms. The van der Waals surface area contributed by atoms with E-state index in [4.69, 9.17) is 4.74 Å². The molecule has 0 bridgehead atoms. The van der Waals surface area contributed by atoms with Crippen LogP contribution < -0.4 is 0 Å². The van der Waals surface area contributed by atoms with Gasteiger partial charge < -0.3 is 9.64 Å². The molecule has 5 nitrogen and oxygen atoms in total. The second-order valence-corrected chi connectivity index (χ2v) is 7.25. The molecule has 1 saturated heterocycles. The maximum absolute atomic E-state index is 12.2. The minimum Gasteiger partial charge on any atom is -0.444 e. The first-order valence-corrected chi connectivity index (χ1v) is 7.67. The van der Waals surface area contributed by atoms with Crippen LogP contribution in [0.3, 0.4) is 0 Å². The van der Waals surface area contributed by atoms with Crippen molar-refractivity contribution in [1.82, 2.24) is 14.7 Å². The highest BCUT2D eigenvalue weighted by Crippen LogP contribution is 2.30. The molecule has 2 atom stereocenters. The molecule has 1 aliphatic rings. The van der Waals surface area contributed by atoms with Crippen LogP contribution >= 0.6 is 15.9 Å². The largest absolute Gasteiger partial charge is 0.444 e. The van der Waals surface area contributed by atoms with Crippen molar-refractivity contribution >= 4 is 22.0 Å². The van der Waals surface area contributed by atoms with Gasteiger partial charge in [-0.1, -0.05) is 0 Å². The molecule has 1 amide bonds. The number of ether oxygens (including phenoxy) is 1. The van der Waals surface area contributed by atoms with E-state index in [9.17, 15) is 4.79 Å². The van der Waals surface area contributed by atoms with Gasteiger partial charge in [0.25, 0.3) is 0 Å². The maximum Gasteiger partial charge on any atom is 0.410 e. The molecule has 0 aliphatic carbocycles. The third-order valence-corrected chi connectivity index (χ3v) is 4.29. The Balaban J connectivity index is 2.09. The Morgan fingerprint density at radius 1 is 1.50 bits per heavy atom. The lowest BCUT2D eigenvalue weighted by atomic mass is 10.2. The lowest BCUT2D eigenvalue weighted by molar-refractivity contribution is 0.0234. The van der Waals surface area contributed by atoms with Gasteiger partial charge in [-0.15, -0.1) is 0 Å². The fourth-order valence-electron chi connectivity index (χ4n) is 2.53. The Labute approximate surface area is 128 Å². The van der Waals surface area contributed by atoms with Crippen LogP contribution in [0.5, 0.6) is 0 Å². The van der Waals surface area contributed by atoms with E-state index in [0.717, 1.165) is 16.6 Å². The van der Waals surface area contributed by atoms with Gasteiger partial charge in [-0.3, -0.25) is 4.68 Å². The van der Waals surface area contributed by atoms with Crippen LogP contribution in [0.25, 0.3) is 0 Å². The van der Waals surface area contributed by atoms with Gasteiger partial charge in [0.1, 0.15) is 5.60 Å². The number of hydrogen-bond donors (Lipinski definition) is 0. The van der Waals surface area contributed by atoms with Crippen LogP contribution in [0, 0.1) is 6.92 Å². The zero-order valence-corrected chi connectivity index (χ0v) is 14.3. The van der Waals surface area contributed by atoms with Crippen LogP contribution in [0.15, 0.2) is 10.7 Å². The van der Waals surface area contributed by atoms with E-state index in [0.29, 0.717) is 6.54 Å². The SMILES string of the molecule is Cc1c(Br)cnn1[C@@H]1C[C@@H](C)N(C(=O)OC(C)(C)C)C1. The Morgan fingerprint density at radius 2 is 2.15 bits per heavy atom. The van der Waals surface area contributed by atoms with E-state index in [1.165, 1.54) is 0 Å². The Kier molecular flexibility index (Phi) is 4.14. The Bertz CT molecular complexity index is 507. The number of rotatable bonds is 1. The van der Waals surface area contributed by atoms with Crippen LogP contribution in [0.4, 0.5) is 4.79 Å². The summed E-state index contributed by atoms with van der Waals surface area (Å²) in [6.07, 6.45) is 2.46. The zero-order chi connectivity index (χ0) is 15.1. The molecule has 112 valence electrons. The molecule has 0 aromatic carbocycles. The first-order valence-electron chi connectivity index (χ1n) is 6.88. The van der Waals surface area contributed by atoms with Gasteiger partial charge in [0.15, 0.2) is 0 Å². The van der Waals surface area contributed by atoms with E-state index in [2.05, 4.69) is 28.0 Å². The van der Waals surface area contributed by atoms with Crippen molar-refractivity contribution in [2.45, 2.75) is 58.7 Å². The second-order valence-electron chi connectivity index (χ2n) is 6.39. The molecular weight excluding hydrogens is 322 g/mol. The molecule has 2 heterocycles. The highest BCUT2D eigenvalue weighted by molar-refractivity contribution is 9.10. The number of carbonyl (C=O) groups excluding carboxylic acids is 1. The monoisotopic (exact) mass is 343 g/mol. The lowest BCUT2D eigenvalue weighted by Gasteiger charge is -2.26. The average molecular weight is 344 g/mol. The standard InChI is InChI=1S/C14H22BrN3O2/c1-9-6-11(18-10(2)12(15)7-16-18)8-17(9)13(19)20-14(3,4)5/h7,9,11H,6,8H2,1-5H3/t9-,11-/m1/s1. The first-order chi connectivity index (χ1) is 9.19. The molecule has 1 fully saturated rings. The predicted molar refractivity (Wildman–Crippen MR) is 80.7 cm³/mol. The average Bonchev–Trinajstić information content (AvgIpc) is 2.82. The predicted octanol–water partition coefficient (Wildman–Crippen LogP) is 3.52. The van der Waals surface area contributed by atoms with E-state index in [1.807, 2.05) is 32.4 Å². The number of likely N-dealkylation sites (tertiary alicyclic amines) is 1. The zero-order valence-electron chi connectivity index (χ0n) is 12.7. The summed E-state index contributed by atoms with van der Waals surface area (Å²) in [5.74, 6) is 0. The molecule has 20 heavy (non-hydrogen) atoms. The van der Waals surface area contributed by atoms with Crippen molar-refractivity contribution < 1.29 is 9.53 Å². The topological polar surface area (TPSA) is 47.4 Å². The highest BCUT2D eigenvalue weighted by Gasteiger charge is 2.36. The maximum atomic E-state index is 12.2. The van der Waals surface area contributed by atoms with Crippen molar-refractivity contribution in [2.24, 2.45) is 0 Å². The van der Waals surface area contributed by atoms with Gasteiger partial charge in [-0.2, -0.15) is 5.10 Å². The van der Waals surface area contributed by atoms with Gasteiger partial charge >= 0.3 is 6.09 Å². The summed E-state index contributed by atoms with van der Waals surface area (Å²) in [5.41, 5.74) is 0.632. The summed E-state index contributed by atoms with van der Waals surface area (Å²) in [7, 11) is 0. The summed E-state index contributed by atoms with van der Waals surface area (Å²) < 4.78 is 8.45. The van der Waals surface area contributed by atoms with Crippen molar-refractivity contribution in [3.05, 3.63) is 16.4 Å². The number of nitrogens with zero attached hydrogens (tertiary/aromatic N) is 3. The second kappa shape index (κ2) is 5.39. The van der Waals surface area contributed by atoms with Gasteiger partial charge in [-0.25, -0.2) is 4.79 Å². The summed E-state index contributed by atoms with van der Waals surface area (Å²) in [4.78, 5) is 14.0. The molecule has 1 aliphatic heterocycles. The first kappa shape index (κ1) is 15.4. The third-order valence-electron chi connectivity index (χ3n) is 3.51. The Morgan fingerprint density at radius 3 is 2.65 bits per heavy atom. The normalized spacial score (nSPS) is 23.2. The minimum atomic E-state index is -0.459. The summed E-state index contributed by atoms with van der Waals surface area (Å²) >= 11 is 3.47. The van der Waals surface area contributed by atoms with Crippen molar-refractivity contribution in [2.75, 3.05) is 6.54 Å². The van der Waals surface area contributed by atoms with Gasteiger partial charge in [0, 0.05) is 18.3 Å². The van der Waals surface area contributed by atoms with Gasteiger partial charge in [0.05, 0.1) is 16.7 Å². The molecule has 0 radical (unpaired) electrons. The molecule has 0 spiro atoms. The Hall–Kier alpha value is -1.04.